The second-order valence-corrected chi connectivity index (χ2v) is 11.1. The third kappa shape index (κ3) is 5.35. The second kappa shape index (κ2) is 11.1. The number of aromatic carboxylic acids is 1. The van der Waals surface area contributed by atoms with Crippen LogP contribution in [0, 0.1) is 28.5 Å². The molecule has 5 rings (SSSR count). The van der Waals surface area contributed by atoms with Gasteiger partial charge in [-0.3, -0.25) is 15.0 Å². The summed E-state index contributed by atoms with van der Waals surface area (Å²) in [5.41, 5.74) is -0.0594. The van der Waals surface area contributed by atoms with Crippen molar-refractivity contribution in [2.75, 3.05) is 20.2 Å². The lowest BCUT2D eigenvalue weighted by Gasteiger charge is -2.41. The van der Waals surface area contributed by atoms with Crippen LogP contribution in [0.15, 0.2) is 47.7 Å². The number of halogens is 2. The van der Waals surface area contributed by atoms with Crippen LogP contribution in [-0.2, 0) is 14.9 Å². The molecule has 0 radical (unpaired) electrons. The summed E-state index contributed by atoms with van der Waals surface area (Å²) in [6.07, 6.45) is 1.88. The van der Waals surface area contributed by atoms with E-state index < -0.39 is 29.0 Å². The van der Waals surface area contributed by atoms with Crippen molar-refractivity contribution in [2.45, 2.75) is 43.6 Å². The number of carbonyl (C=O) groups is 3. The predicted octanol–water partition coefficient (Wildman–Crippen LogP) is 4.44. The van der Waals surface area contributed by atoms with Crippen LogP contribution in [0.5, 0.6) is 0 Å². The lowest BCUT2D eigenvalue weighted by atomic mass is 9.82. The van der Waals surface area contributed by atoms with Crippen LogP contribution in [0.4, 0.5) is 4.39 Å². The van der Waals surface area contributed by atoms with E-state index in [0.717, 1.165) is 6.07 Å². The summed E-state index contributed by atoms with van der Waals surface area (Å²) in [7, 11) is 1.59. The molecule has 9 nitrogen and oxygen atoms in total. The van der Waals surface area contributed by atoms with Gasteiger partial charge >= 0.3 is 5.97 Å². The maximum absolute atomic E-state index is 15.0. The number of benzene rings is 2. The fourth-order valence-corrected chi connectivity index (χ4v) is 5.77. The zero-order valence-electron chi connectivity index (χ0n) is 22.3. The molecule has 1 unspecified atom stereocenters. The van der Waals surface area contributed by atoms with Crippen LogP contribution in [-0.4, -0.2) is 59.8 Å². The monoisotopic (exact) mass is 578 g/mol. The minimum atomic E-state index is -1.30. The Hall–Kier alpha value is -4.07. The average molecular weight is 579 g/mol. The number of nitrogens with zero attached hydrogens (tertiary/aromatic N) is 2. The lowest BCUT2D eigenvalue weighted by molar-refractivity contribution is -0.147. The number of rotatable bonds is 8. The van der Waals surface area contributed by atoms with Gasteiger partial charge in [0.25, 0.3) is 5.91 Å². The van der Waals surface area contributed by atoms with Crippen LogP contribution in [0.2, 0.25) is 5.02 Å². The molecule has 11 heteroatoms. The molecular formula is C30H28ClFN4O5. The maximum atomic E-state index is 15.0. The zero-order valence-corrected chi connectivity index (χ0v) is 23.1. The normalized spacial score (nSPS) is 19.7. The molecule has 2 aliphatic carbocycles. The van der Waals surface area contributed by atoms with Crippen molar-refractivity contribution in [1.29, 1.82) is 10.7 Å². The standard InChI is InChI=1S/C30H28ClFN4O5/c1-41-18-13-36(14-18)28(38)16-5-8-20(26(34)19-7-6-17(29(39)40)11-23(19)32)24(12-16)35-27(37)25-21(3-2-4-22(25)31)30(15-33)9-10-30/h2-4,6-7,11,16,18,34H,5,8-10,12-14H2,1H3,(H,35,37)(H,39,40). The van der Waals surface area contributed by atoms with E-state index in [4.69, 9.17) is 21.7 Å². The molecule has 0 aromatic heterocycles. The first-order chi connectivity index (χ1) is 19.6. The number of amides is 2. The Balaban J connectivity index is 1.49. The van der Waals surface area contributed by atoms with Crippen molar-refractivity contribution in [3.8, 4) is 6.07 Å². The molecule has 3 aliphatic rings. The largest absolute Gasteiger partial charge is 0.478 e. The first-order valence-corrected chi connectivity index (χ1v) is 13.6. The number of carboxylic acid groups (broad SMARTS) is 1. The van der Waals surface area contributed by atoms with E-state index in [9.17, 15) is 29.1 Å². The number of carbonyl (C=O) groups excluding carboxylic acids is 2. The molecule has 212 valence electrons. The number of ether oxygens (including phenoxy) is 1. The molecule has 1 saturated carbocycles. The topological polar surface area (TPSA) is 144 Å². The van der Waals surface area contributed by atoms with Gasteiger partial charge in [0.15, 0.2) is 0 Å². The molecule has 2 fully saturated rings. The Kier molecular flexibility index (Phi) is 7.68. The van der Waals surface area contributed by atoms with Gasteiger partial charge in [-0.25, -0.2) is 9.18 Å². The number of hydrogen-bond acceptors (Lipinski definition) is 6. The van der Waals surface area contributed by atoms with Gasteiger partial charge in [-0.05, 0) is 67.5 Å². The summed E-state index contributed by atoms with van der Waals surface area (Å²) in [5.74, 6) is -3.32. The van der Waals surface area contributed by atoms with Gasteiger partial charge in [-0.15, -0.1) is 0 Å². The summed E-state index contributed by atoms with van der Waals surface area (Å²) in [5, 5.41) is 30.8. The predicted molar refractivity (Wildman–Crippen MR) is 147 cm³/mol. The van der Waals surface area contributed by atoms with Gasteiger partial charge in [-0.1, -0.05) is 23.7 Å². The van der Waals surface area contributed by atoms with E-state index in [2.05, 4.69) is 11.4 Å². The third-order valence-electron chi connectivity index (χ3n) is 8.17. The number of nitrogens with one attached hydrogen (secondary N) is 2. The van der Waals surface area contributed by atoms with Gasteiger partial charge in [0.2, 0.25) is 5.91 Å². The molecule has 2 amide bonds. The minimum Gasteiger partial charge on any atom is -0.478 e. The molecule has 0 bridgehead atoms. The van der Waals surface area contributed by atoms with E-state index in [1.807, 2.05) is 0 Å². The molecule has 2 aromatic rings. The molecule has 41 heavy (non-hydrogen) atoms. The van der Waals surface area contributed by atoms with Crippen molar-refractivity contribution in [2.24, 2.45) is 5.92 Å². The maximum Gasteiger partial charge on any atom is 0.335 e. The van der Waals surface area contributed by atoms with Crippen LogP contribution >= 0.6 is 11.6 Å². The molecule has 2 aromatic carbocycles. The molecule has 3 N–H and O–H groups in total. The van der Waals surface area contributed by atoms with Crippen LogP contribution in [0.3, 0.4) is 0 Å². The molecule has 0 spiro atoms. The van der Waals surface area contributed by atoms with Gasteiger partial charge in [0.05, 0.1) is 39.4 Å². The van der Waals surface area contributed by atoms with Gasteiger partial charge in [0.1, 0.15) is 5.82 Å². The lowest BCUT2D eigenvalue weighted by Crippen LogP contribution is -2.56. The SMILES string of the molecule is COC1CN(C(=O)C2CCC(C(=N)c3ccc(C(=O)O)cc3F)=C(NC(=O)c3c(Cl)cccc3C3(C#N)CC3)C2)C1. The average Bonchev–Trinajstić information content (AvgIpc) is 3.73. The fourth-order valence-electron chi connectivity index (χ4n) is 5.51. The Labute approximate surface area is 241 Å². The quantitative estimate of drug-likeness (QED) is 0.395. The molecule has 1 aliphatic heterocycles. The van der Waals surface area contributed by atoms with Crippen molar-refractivity contribution >= 4 is 35.1 Å². The van der Waals surface area contributed by atoms with Crippen molar-refractivity contribution < 1.29 is 28.6 Å². The third-order valence-corrected chi connectivity index (χ3v) is 8.49. The summed E-state index contributed by atoms with van der Waals surface area (Å²) in [6.45, 7) is 0.945. The smallest absolute Gasteiger partial charge is 0.335 e. The molecular weight excluding hydrogens is 551 g/mol. The van der Waals surface area contributed by atoms with Crippen molar-refractivity contribution in [3.05, 3.63) is 80.8 Å². The van der Waals surface area contributed by atoms with E-state index in [1.165, 1.54) is 12.1 Å². The van der Waals surface area contributed by atoms with Crippen molar-refractivity contribution in [1.82, 2.24) is 10.2 Å². The molecule has 1 heterocycles. The summed E-state index contributed by atoms with van der Waals surface area (Å²) in [4.78, 5) is 39.9. The minimum absolute atomic E-state index is 0.0220. The Bertz CT molecular complexity index is 1540. The van der Waals surface area contributed by atoms with Crippen LogP contribution in [0.1, 0.15) is 63.9 Å². The van der Waals surface area contributed by atoms with Crippen LogP contribution < -0.4 is 5.32 Å². The molecule has 1 atom stereocenters. The van der Waals surface area contributed by atoms with Gasteiger partial charge < -0.3 is 20.1 Å². The summed E-state index contributed by atoms with van der Waals surface area (Å²) >= 11 is 6.46. The van der Waals surface area contributed by atoms with Crippen molar-refractivity contribution in [3.63, 3.8) is 0 Å². The van der Waals surface area contributed by atoms with E-state index in [-0.39, 0.29) is 52.3 Å². The summed E-state index contributed by atoms with van der Waals surface area (Å²) in [6, 6.07) is 10.5. The highest BCUT2D eigenvalue weighted by atomic mass is 35.5. The highest BCUT2D eigenvalue weighted by Gasteiger charge is 2.47. The first kappa shape index (κ1) is 28.5. The second-order valence-electron chi connectivity index (χ2n) is 10.7. The van der Waals surface area contributed by atoms with E-state index in [0.29, 0.717) is 49.2 Å². The number of hydrogen-bond donors (Lipinski definition) is 3. The number of carboxylic acids is 1. The highest BCUT2D eigenvalue weighted by molar-refractivity contribution is 6.34. The zero-order chi connectivity index (χ0) is 29.5. The highest BCUT2D eigenvalue weighted by Crippen LogP contribution is 2.49. The molecule has 1 saturated heterocycles. The fraction of sp³-hybridized carbons (Fsp3) is 0.367. The number of methoxy groups -OCH3 is 1. The van der Waals surface area contributed by atoms with Gasteiger partial charge in [0, 0.05) is 37.4 Å². The number of likely N-dealkylation sites (tertiary alicyclic amines) is 1. The Morgan fingerprint density at radius 1 is 1.24 bits per heavy atom. The Morgan fingerprint density at radius 2 is 1.98 bits per heavy atom. The van der Waals surface area contributed by atoms with Gasteiger partial charge in [-0.2, -0.15) is 5.26 Å². The first-order valence-electron chi connectivity index (χ1n) is 13.3. The van der Waals surface area contributed by atoms with Crippen LogP contribution in [0.25, 0.3) is 0 Å². The number of nitriles is 1. The van der Waals surface area contributed by atoms with E-state index in [1.54, 1.807) is 30.2 Å². The van der Waals surface area contributed by atoms with E-state index >= 15 is 0 Å². The Morgan fingerprint density at radius 3 is 2.59 bits per heavy atom. The summed E-state index contributed by atoms with van der Waals surface area (Å²) < 4.78 is 20.2. The number of allylic oxidation sites excluding steroid dienone is 2.